The average molecular weight is 373 g/mol. The molecule has 2 aromatic carbocycles. The molecule has 0 atom stereocenters. The van der Waals surface area contributed by atoms with Crippen LogP contribution in [-0.2, 0) is 4.74 Å². The molecule has 0 bridgehead atoms. The van der Waals surface area contributed by atoms with E-state index in [4.69, 9.17) is 16.3 Å². The van der Waals surface area contributed by atoms with Crippen LogP contribution in [-0.4, -0.2) is 29.6 Å². The molecule has 1 aliphatic carbocycles. The first-order chi connectivity index (χ1) is 12.5. The Kier molecular flexibility index (Phi) is 5.47. The number of hydrogen-bond acceptors (Lipinski definition) is 3. The lowest BCUT2D eigenvalue weighted by Crippen LogP contribution is -2.46. The molecule has 2 amide bonds. The quantitative estimate of drug-likeness (QED) is 0.478. The largest absolute Gasteiger partial charge is 0.447 e. The third-order valence-electron chi connectivity index (χ3n) is 4.33. The summed E-state index contributed by atoms with van der Waals surface area (Å²) in [7, 11) is 0. The third kappa shape index (κ3) is 3.83. The van der Waals surface area contributed by atoms with Gasteiger partial charge in [-0.3, -0.25) is 4.79 Å². The molecule has 0 radical (unpaired) electrons. The molecule has 2 aromatic rings. The van der Waals surface area contributed by atoms with Crippen LogP contribution in [0.15, 0.2) is 48.5 Å². The number of amides is 2. The molecule has 0 saturated carbocycles. The monoisotopic (exact) mass is 372 g/mol. The number of nitrogens with zero attached hydrogens (tertiary/aromatic N) is 1. The highest BCUT2D eigenvalue weighted by Crippen LogP contribution is 2.44. The van der Waals surface area contributed by atoms with E-state index in [2.05, 4.69) is 29.7 Å². The second-order valence-electron chi connectivity index (χ2n) is 6.69. The first-order valence-corrected chi connectivity index (χ1v) is 8.93. The van der Waals surface area contributed by atoms with Crippen molar-refractivity contribution in [2.45, 2.75) is 19.8 Å². The Balaban J connectivity index is 1.70. The lowest BCUT2D eigenvalue weighted by molar-refractivity contribution is 0.111. The number of benzene rings is 2. The van der Waals surface area contributed by atoms with Gasteiger partial charge in [0, 0.05) is 12.5 Å². The van der Waals surface area contributed by atoms with Gasteiger partial charge in [-0.25, -0.2) is 15.2 Å². The summed E-state index contributed by atoms with van der Waals surface area (Å²) in [4.78, 5) is 23.6. The standard InChI is InChI=1S/C20H21ClN2O3/c1-13(2)11-23(19(21)24)22-20(25)26-12-18-16-9-5-3-7-14(16)15-8-4-6-10-17(15)18/h3-10,13,18H,11-12H2,1-2H3,(H,22,25). The van der Waals surface area contributed by atoms with E-state index in [1.165, 1.54) is 0 Å². The second-order valence-corrected chi connectivity index (χ2v) is 7.02. The molecule has 26 heavy (non-hydrogen) atoms. The van der Waals surface area contributed by atoms with Crippen LogP contribution < -0.4 is 5.43 Å². The van der Waals surface area contributed by atoms with Gasteiger partial charge >= 0.3 is 11.5 Å². The zero-order valence-electron chi connectivity index (χ0n) is 14.7. The Morgan fingerprint density at radius 2 is 1.62 bits per heavy atom. The number of ether oxygens (including phenoxy) is 1. The molecule has 136 valence electrons. The van der Waals surface area contributed by atoms with E-state index in [9.17, 15) is 9.59 Å². The Morgan fingerprint density at radius 3 is 2.12 bits per heavy atom. The average Bonchev–Trinajstić information content (AvgIpc) is 2.93. The van der Waals surface area contributed by atoms with E-state index in [1.54, 1.807) is 0 Å². The summed E-state index contributed by atoms with van der Waals surface area (Å²) >= 11 is 5.51. The lowest BCUT2D eigenvalue weighted by atomic mass is 9.98. The smallest absolute Gasteiger partial charge is 0.426 e. The van der Waals surface area contributed by atoms with Crippen LogP contribution in [0.4, 0.5) is 9.59 Å². The van der Waals surface area contributed by atoms with E-state index in [1.807, 2.05) is 38.1 Å². The van der Waals surface area contributed by atoms with Crippen molar-refractivity contribution in [2.24, 2.45) is 5.92 Å². The first-order valence-electron chi connectivity index (χ1n) is 8.56. The number of rotatable bonds is 4. The van der Waals surface area contributed by atoms with Gasteiger partial charge in [0.15, 0.2) is 0 Å². The van der Waals surface area contributed by atoms with Gasteiger partial charge in [0.1, 0.15) is 6.61 Å². The molecular weight excluding hydrogens is 352 g/mol. The van der Waals surface area contributed by atoms with Crippen LogP contribution in [0.5, 0.6) is 0 Å². The molecule has 0 unspecified atom stereocenters. The van der Waals surface area contributed by atoms with Crippen LogP contribution in [0.2, 0.25) is 0 Å². The molecule has 0 fully saturated rings. The van der Waals surface area contributed by atoms with Crippen molar-refractivity contribution in [3.8, 4) is 11.1 Å². The van der Waals surface area contributed by atoms with Gasteiger partial charge in [0.25, 0.3) is 0 Å². The molecule has 0 aliphatic heterocycles. The van der Waals surface area contributed by atoms with E-state index in [0.717, 1.165) is 27.3 Å². The molecular formula is C20H21ClN2O3. The third-order valence-corrected chi connectivity index (χ3v) is 4.53. The van der Waals surface area contributed by atoms with Crippen LogP contribution >= 0.6 is 11.6 Å². The van der Waals surface area contributed by atoms with Gasteiger partial charge in [-0.05, 0) is 39.8 Å². The summed E-state index contributed by atoms with van der Waals surface area (Å²) in [5.74, 6) is 0.130. The molecule has 5 nitrogen and oxygen atoms in total. The molecule has 0 aromatic heterocycles. The predicted molar refractivity (Wildman–Crippen MR) is 101 cm³/mol. The van der Waals surface area contributed by atoms with Crippen molar-refractivity contribution in [3.05, 3.63) is 59.7 Å². The summed E-state index contributed by atoms with van der Waals surface area (Å²) < 4.78 is 5.40. The summed E-state index contributed by atoms with van der Waals surface area (Å²) in [6.07, 6.45) is -0.693. The Labute approximate surface area is 157 Å². The minimum absolute atomic E-state index is 0.0293. The van der Waals surface area contributed by atoms with Crippen molar-refractivity contribution in [2.75, 3.05) is 13.2 Å². The second kappa shape index (κ2) is 7.79. The number of nitrogens with one attached hydrogen (secondary N) is 1. The summed E-state index contributed by atoms with van der Waals surface area (Å²) in [6.45, 7) is 4.34. The van der Waals surface area contributed by atoms with Gasteiger partial charge in [-0.1, -0.05) is 62.4 Å². The van der Waals surface area contributed by atoms with E-state index in [-0.39, 0.29) is 18.4 Å². The van der Waals surface area contributed by atoms with Gasteiger partial charge in [0.2, 0.25) is 0 Å². The van der Waals surface area contributed by atoms with Crippen molar-refractivity contribution < 1.29 is 14.3 Å². The van der Waals surface area contributed by atoms with E-state index >= 15 is 0 Å². The summed E-state index contributed by atoms with van der Waals surface area (Å²) in [5, 5.41) is 0.317. The van der Waals surface area contributed by atoms with Crippen molar-refractivity contribution >= 4 is 23.1 Å². The fourth-order valence-corrected chi connectivity index (χ4v) is 3.38. The number of halogens is 1. The molecule has 6 heteroatoms. The number of fused-ring (bicyclic) bond motifs is 3. The van der Waals surface area contributed by atoms with Crippen molar-refractivity contribution in [3.63, 3.8) is 0 Å². The zero-order chi connectivity index (χ0) is 18.7. The van der Waals surface area contributed by atoms with Gasteiger partial charge < -0.3 is 4.74 Å². The topological polar surface area (TPSA) is 58.6 Å². The highest BCUT2D eigenvalue weighted by atomic mass is 35.5. The maximum Gasteiger partial charge on any atom is 0.426 e. The maximum absolute atomic E-state index is 12.1. The molecule has 0 heterocycles. The Bertz CT molecular complexity index is 777. The van der Waals surface area contributed by atoms with Crippen LogP contribution in [0, 0.1) is 5.92 Å². The fourth-order valence-electron chi connectivity index (χ4n) is 3.27. The van der Waals surface area contributed by atoms with Crippen molar-refractivity contribution in [1.29, 1.82) is 0 Å². The van der Waals surface area contributed by atoms with Crippen molar-refractivity contribution in [1.82, 2.24) is 10.4 Å². The predicted octanol–water partition coefficient (Wildman–Crippen LogP) is 4.76. The van der Waals surface area contributed by atoms with Crippen LogP contribution in [0.3, 0.4) is 0 Å². The van der Waals surface area contributed by atoms with E-state index < -0.39 is 11.5 Å². The highest BCUT2D eigenvalue weighted by molar-refractivity contribution is 6.62. The van der Waals surface area contributed by atoms with Gasteiger partial charge in [-0.2, -0.15) is 0 Å². The SMILES string of the molecule is CC(C)CN(NC(=O)OCC1c2ccccc2-c2ccccc21)C(=O)Cl. The Morgan fingerprint density at radius 1 is 1.08 bits per heavy atom. The first kappa shape index (κ1) is 18.3. The van der Waals surface area contributed by atoms with Gasteiger partial charge in [-0.15, -0.1) is 0 Å². The maximum atomic E-state index is 12.1. The molecule has 0 saturated heterocycles. The normalized spacial score (nSPS) is 12.5. The fraction of sp³-hybridized carbons (Fsp3) is 0.300. The number of carbonyl (C=O) groups excluding carboxylic acids is 2. The van der Waals surface area contributed by atoms with Crippen LogP contribution in [0.25, 0.3) is 11.1 Å². The number of hydrogen-bond donors (Lipinski definition) is 1. The summed E-state index contributed by atoms with van der Waals surface area (Å²) in [6, 6.07) is 16.2. The molecule has 0 spiro atoms. The number of hydrazine groups is 1. The van der Waals surface area contributed by atoms with Crippen LogP contribution in [0.1, 0.15) is 30.9 Å². The lowest BCUT2D eigenvalue weighted by Gasteiger charge is -2.22. The number of carbonyl (C=O) groups is 2. The van der Waals surface area contributed by atoms with E-state index in [0.29, 0.717) is 6.54 Å². The van der Waals surface area contributed by atoms with Gasteiger partial charge in [0.05, 0.1) is 0 Å². The Hall–Kier alpha value is -2.53. The highest BCUT2D eigenvalue weighted by Gasteiger charge is 2.29. The minimum Gasteiger partial charge on any atom is -0.447 e. The molecule has 1 N–H and O–H groups in total. The minimum atomic E-state index is -0.743. The zero-order valence-corrected chi connectivity index (χ0v) is 15.5. The summed E-state index contributed by atoms with van der Waals surface area (Å²) in [5.41, 5.74) is 7.00. The molecule has 3 rings (SSSR count). The molecule has 1 aliphatic rings.